The van der Waals surface area contributed by atoms with E-state index in [9.17, 15) is 4.79 Å². The smallest absolute Gasteiger partial charge is 0.310 e. The molecule has 0 spiro atoms. The Labute approximate surface area is 61.4 Å². The predicted octanol–water partition coefficient (Wildman–Crippen LogP) is 0.705. The van der Waals surface area contributed by atoms with E-state index >= 15 is 0 Å². The third-order valence-electron chi connectivity index (χ3n) is 2.07. The summed E-state index contributed by atoms with van der Waals surface area (Å²) in [5.74, 6) is -0.769. The lowest BCUT2D eigenvalue weighted by atomic mass is 9.86. The highest BCUT2D eigenvalue weighted by molar-refractivity contribution is 5.74. The van der Waals surface area contributed by atoms with Gasteiger partial charge in [-0.15, -0.1) is 0 Å². The third kappa shape index (κ3) is 1.70. The molecule has 0 aliphatic carbocycles. The second-order valence-electron chi connectivity index (χ2n) is 3.04. The molecule has 0 heterocycles. The lowest BCUT2D eigenvalue weighted by Crippen LogP contribution is -2.42. The fraction of sp³-hybridized carbons (Fsp3) is 0.857. The average Bonchev–Trinajstić information content (AvgIpc) is 1.86. The quantitative estimate of drug-likeness (QED) is 0.614. The van der Waals surface area contributed by atoms with Crippen LogP contribution in [0.2, 0.25) is 0 Å². The van der Waals surface area contributed by atoms with Crippen LogP contribution in [0.15, 0.2) is 0 Å². The molecule has 0 aliphatic rings. The van der Waals surface area contributed by atoms with Gasteiger partial charge in [0.05, 0.1) is 5.41 Å². The van der Waals surface area contributed by atoms with Gasteiger partial charge in [-0.1, -0.05) is 0 Å². The summed E-state index contributed by atoms with van der Waals surface area (Å²) >= 11 is 0. The van der Waals surface area contributed by atoms with Gasteiger partial charge in [-0.05, 0) is 27.8 Å². The molecular formula is C7H15NO2. The highest BCUT2D eigenvalue weighted by atomic mass is 16.4. The lowest BCUT2D eigenvalue weighted by molar-refractivity contribution is -0.148. The van der Waals surface area contributed by atoms with Crippen LogP contribution in [0.1, 0.15) is 20.8 Å². The van der Waals surface area contributed by atoms with Gasteiger partial charge >= 0.3 is 5.97 Å². The van der Waals surface area contributed by atoms with Crippen LogP contribution in [-0.4, -0.2) is 24.2 Å². The second-order valence-corrected chi connectivity index (χ2v) is 3.04. The molecular weight excluding hydrogens is 130 g/mol. The molecule has 3 heteroatoms. The minimum Gasteiger partial charge on any atom is -0.481 e. The van der Waals surface area contributed by atoms with E-state index in [1.807, 2.05) is 6.92 Å². The van der Waals surface area contributed by atoms with Crippen LogP contribution in [0.5, 0.6) is 0 Å². The summed E-state index contributed by atoms with van der Waals surface area (Å²) < 4.78 is 0. The maximum absolute atomic E-state index is 10.6. The lowest BCUT2D eigenvalue weighted by Gasteiger charge is -2.26. The zero-order chi connectivity index (χ0) is 8.36. The van der Waals surface area contributed by atoms with Gasteiger partial charge in [0.15, 0.2) is 0 Å². The molecule has 0 bridgehead atoms. The standard InChI is InChI=1S/C7H15NO2/c1-5(8-4)7(2,3)6(9)10/h5,8H,1-4H3,(H,9,10)/t5-/m0/s1. The van der Waals surface area contributed by atoms with Crippen LogP contribution in [0.3, 0.4) is 0 Å². The van der Waals surface area contributed by atoms with Crippen LogP contribution < -0.4 is 5.32 Å². The number of rotatable bonds is 3. The second kappa shape index (κ2) is 3.01. The monoisotopic (exact) mass is 145 g/mol. The van der Waals surface area contributed by atoms with Gasteiger partial charge in [-0.25, -0.2) is 0 Å². The molecule has 0 saturated heterocycles. The van der Waals surface area contributed by atoms with E-state index in [4.69, 9.17) is 5.11 Å². The topological polar surface area (TPSA) is 49.3 Å². The fourth-order valence-electron chi connectivity index (χ4n) is 0.546. The minimum absolute atomic E-state index is 0.00926. The molecule has 0 aromatic carbocycles. The van der Waals surface area contributed by atoms with Gasteiger partial charge in [-0.2, -0.15) is 0 Å². The van der Waals surface area contributed by atoms with Crippen molar-refractivity contribution in [2.45, 2.75) is 26.8 Å². The summed E-state index contributed by atoms with van der Waals surface area (Å²) in [6, 6.07) is -0.00926. The van der Waals surface area contributed by atoms with Crippen molar-refractivity contribution in [3.63, 3.8) is 0 Å². The minimum atomic E-state index is -0.769. The SMILES string of the molecule is CN[C@@H](C)C(C)(C)C(=O)O. The molecule has 60 valence electrons. The van der Waals surface area contributed by atoms with Crippen molar-refractivity contribution in [3.05, 3.63) is 0 Å². The maximum Gasteiger partial charge on any atom is 0.310 e. The molecule has 0 aromatic heterocycles. The molecule has 0 fully saturated rings. The summed E-state index contributed by atoms with van der Waals surface area (Å²) in [5, 5.41) is 11.6. The summed E-state index contributed by atoms with van der Waals surface area (Å²) in [6.07, 6.45) is 0. The van der Waals surface area contributed by atoms with Crippen molar-refractivity contribution in [1.29, 1.82) is 0 Å². The van der Waals surface area contributed by atoms with Gasteiger partial charge in [0.2, 0.25) is 0 Å². The Morgan fingerprint density at radius 3 is 2.10 bits per heavy atom. The number of carbonyl (C=O) groups is 1. The number of hydrogen-bond donors (Lipinski definition) is 2. The summed E-state index contributed by atoms with van der Waals surface area (Å²) in [6.45, 7) is 5.26. The zero-order valence-corrected chi connectivity index (χ0v) is 6.93. The molecule has 2 N–H and O–H groups in total. The van der Waals surface area contributed by atoms with Crippen molar-refractivity contribution >= 4 is 5.97 Å². The van der Waals surface area contributed by atoms with E-state index < -0.39 is 11.4 Å². The number of carboxylic acid groups (broad SMARTS) is 1. The Morgan fingerprint density at radius 2 is 2.00 bits per heavy atom. The van der Waals surface area contributed by atoms with E-state index in [1.165, 1.54) is 0 Å². The number of carboxylic acids is 1. The van der Waals surface area contributed by atoms with Crippen molar-refractivity contribution in [2.24, 2.45) is 5.41 Å². The molecule has 3 nitrogen and oxygen atoms in total. The summed E-state index contributed by atoms with van der Waals surface area (Å²) in [7, 11) is 1.76. The van der Waals surface area contributed by atoms with Gasteiger partial charge < -0.3 is 10.4 Å². The maximum atomic E-state index is 10.6. The molecule has 0 unspecified atom stereocenters. The third-order valence-corrected chi connectivity index (χ3v) is 2.07. The first-order chi connectivity index (χ1) is 4.42. The van der Waals surface area contributed by atoms with Crippen LogP contribution in [0, 0.1) is 5.41 Å². The Kier molecular flexibility index (Phi) is 2.84. The number of nitrogens with one attached hydrogen (secondary N) is 1. The molecule has 10 heavy (non-hydrogen) atoms. The Bertz CT molecular complexity index is 132. The van der Waals surface area contributed by atoms with Crippen LogP contribution in [-0.2, 0) is 4.79 Å². The van der Waals surface area contributed by atoms with Crippen molar-refractivity contribution in [2.75, 3.05) is 7.05 Å². The first kappa shape index (κ1) is 9.43. The van der Waals surface area contributed by atoms with E-state index in [1.54, 1.807) is 20.9 Å². The fourth-order valence-corrected chi connectivity index (χ4v) is 0.546. The van der Waals surface area contributed by atoms with Gasteiger partial charge in [0.25, 0.3) is 0 Å². The van der Waals surface area contributed by atoms with E-state index in [2.05, 4.69) is 5.32 Å². The van der Waals surface area contributed by atoms with E-state index in [-0.39, 0.29) is 6.04 Å². The Balaban J connectivity index is 4.23. The number of hydrogen-bond acceptors (Lipinski definition) is 2. The van der Waals surface area contributed by atoms with E-state index in [0.29, 0.717) is 0 Å². The van der Waals surface area contributed by atoms with Gasteiger partial charge in [0.1, 0.15) is 0 Å². The van der Waals surface area contributed by atoms with Crippen molar-refractivity contribution < 1.29 is 9.90 Å². The molecule has 0 aromatic rings. The van der Waals surface area contributed by atoms with Crippen molar-refractivity contribution in [1.82, 2.24) is 5.32 Å². The molecule has 0 saturated carbocycles. The van der Waals surface area contributed by atoms with Gasteiger partial charge in [-0.3, -0.25) is 4.79 Å². The first-order valence-corrected chi connectivity index (χ1v) is 3.33. The first-order valence-electron chi connectivity index (χ1n) is 3.33. The summed E-state index contributed by atoms with van der Waals surface area (Å²) in [4.78, 5) is 10.6. The van der Waals surface area contributed by atoms with Crippen LogP contribution in [0.4, 0.5) is 0 Å². The van der Waals surface area contributed by atoms with Crippen LogP contribution in [0.25, 0.3) is 0 Å². The zero-order valence-electron chi connectivity index (χ0n) is 6.93. The highest BCUT2D eigenvalue weighted by Gasteiger charge is 2.32. The van der Waals surface area contributed by atoms with Gasteiger partial charge in [0, 0.05) is 6.04 Å². The molecule has 0 aliphatic heterocycles. The predicted molar refractivity (Wildman–Crippen MR) is 39.9 cm³/mol. The molecule has 0 amide bonds. The van der Waals surface area contributed by atoms with Crippen LogP contribution >= 0.6 is 0 Å². The normalized spacial score (nSPS) is 14.8. The van der Waals surface area contributed by atoms with E-state index in [0.717, 1.165) is 0 Å². The summed E-state index contributed by atoms with van der Waals surface area (Å²) in [5.41, 5.74) is -0.686. The number of aliphatic carboxylic acids is 1. The molecule has 0 rings (SSSR count). The Morgan fingerprint density at radius 1 is 1.60 bits per heavy atom. The highest BCUT2D eigenvalue weighted by Crippen LogP contribution is 2.19. The average molecular weight is 145 g/mol. The van der Waals surface area contributed by atoms with Crippen molar-refractivity contribution in [3.8, 4) is 0 Å². The molecule has 0 radical (unpaired) electrons. The molecule has 1 atom stereocenters. The largest absolute Gasteiger partial charge is 0.481 e. The Hall–Kier alpha value is -0.570.